The lowest BCUT2D eigenvalue weighted by Crippen LogP contribution is -2.03. The van der Waals surface area contributed by atoms with Crippen LogP contribution in [0.2, 0.25) is 0 Å². The summed E-state index contributed by atoms with van der Waals surface area (Å²) in [5.74, 6) is 0. The molecule has 1 N–H and O–H groups in total. The van der Waals surface area contributed by atoms with Gasteiger partial charge in [-0.25, -0.2) is 0 Å². The van der Waals surface area contributed by atoms with Crippen molar-refractivity contribution in [3.8, 4) is 0 Å². The van der Waals surface area contributed by atoms with Gasteiger partial charge in [-0.2, -0.15) is 0 Å². The summed E-state index contributed by atoms with van der Waals surface area (Å²) in [7, 11) is 1.60. The highest BCUT2D eigenvalue weighted by molar-refractivity contribution is 5.33. The molecule has 1 aliphatic heterocycles. The van der Waals surface area contributed by atoms with Crippen LogP contribution in [0.25, 0.3) is 0 Å². The Morgan fingerprint density at radius 2 is 2.08 bits per heavy atom. The molecule has 0 aromatic heterocycles. The largest absolute Gasteiger partial charge is 0.393 e. The van der Waals surface area contributed by atoms with Crippen LogP contribution in [0.4, 0.5) is 0 Å². The van der Waals surface area contributed by atoms with Crippen LogP contribution in [0.3, 0.4) is 0 Å². The van der Waals surface area contributed by atoms with E-state index in [4.69, 9.17) is 14.6 Å². The summed E-state index contributed by atoms with van der Waals surface area (Å²) in [5, 5.41) is 9.05. The molecule has 1 aliphatic rings. The predicted molar refractivity (Wildman–Crippen MR) is 47.1 cm³/mol. The van der Waals surface area contributed by atoms with E-state index in [2.05, 4.69) is 0 Å². The van der Waals surface area contributed by atoms with Crippen LogP contribution in [-0.4, -0.2) is 18.8 Å². The van der Waals surface area contributed by atoms with E-state index in [0.717, 1.165) is 11.1 Å². The van der Waals surface area contributed by atoms with Gasteiger partial charge in [-0.05, 0) is 5.56 Å². The number of fused-ring (bicyclic) bond motifs is 1. The van der Waals surface area contributed by atoms with Gasteiger partial charge in [0.2, 0.25) is 0 Å². The molecule has 70 valence electrons. The normalized spacial score (nSPS) is 26.0. The lowest BCUT2D eigenvalue weighted by atomic mass is 10.1. The molecule has 0 bridgehead atoms. The molecule has 2 rings (SSSR count). The average molecular weight is 180 g/mol. The topological polar surface area (TPSA) is 38.7 Å². The number of ether oxygens (including phenoxy) is 2. The number of hydrogen-bond donors (Lipinski definition) is 1. The highest BCUT2D eigenvalue weighted by atomic mass is 16.7. The number of hydrogen-bond acceptors (Lipinski definition) is 3. The monoisotopic (exact) mass is 180 g/mol. The molecular weight excluding hydrogens is 168 g/mol. The van der Waals surface area contributed by atoms with Gasteiger partial charge >= 0.3 is 0 Å². The van der Waals surface area contributed by atoms with E-state index < -0.39 is 0 Å². The fraction of sp³-hybridized carbons (Fsp3) is 0.400. The Labute approximate surface area is 76.9 Å². The number of methoxy groups -OCH3 is 1. The van der Waals surface area contributed by atoms with Crippen LogP contribution in [0.5, 0.6) is 0 Å². The van der Waals surface area contributed by atoms with E-state index in [0.29, 0.717) is 0 Å². The second-order valence-electron chi connectivity index (χ2n) is 3.00. The summed E-state index contributed by atoms with van der Waals surface area (Å²) in [5.41, 5.74) is 2.04. The molecular formula is C10H12O3. The van der Waals surface area contributed by atoms with E-state index in [1.165, 1.54) is 0 Å². The van der Waals surface area contributed by atoms with Gasteiger partial charge in [-0.1, -0.05) is 24.3 Å². The predicted octanol–water partition coefficient (Wildman–Crippen LogP) is 1.40. The van der Waals surface area contributed by atoms with Gasteiger partial charge in [-0.15, -0.1) is 0 Å². The Bertz CT molecular complexity index is 269. The van der Waals surface area contributed by atoms with Crippen molar-refractivity contribution in [1.82, 2.24) is 0 Å². The third-order valence-corrected chi connectivity index (χ3v) is 2.26. The summed E-state index contributed by atoms with van der Waals surface area (Å²) in [4.78, 5) is 0. The Kier molecular flexibility index (Phi) is 2.31. The number of aliphatic hydroxyl groups excluding tert-OH is 1. The molecule has 3 heteroatoms. The minimum absolute atomic E-state index is 0.00310. The fourth-order valence-electron chi connectivity index (χ4n) is 1.64. The van der Waals surface area contributed by atoms with Crippen molar-refractivity contribution in [2.75, 3.05) is 13.7 Å². The van der Waals surface area contributed by atoms with E-state index in [1.54, 1.807) is 7.11 Å². The van der Waals surface area contributed by atoms with Gasteiger partial charge in [0.25, 0.3) is 0 Å². The molecule has 0 spiro atoms. The van der Waals surface area contributed by atoms with Crippen LogP contribution < -0.4 is 0 Å². The molecule has 1 aromatic rings. The smallest absolute Gasteiger partial charge is 0.184 e. The van der Waals surface area contributed by atoms with Gasteiger partial charge in [0.15, 0.2) is 6.29 Å². The highest BCUT2D eigenvalue weighted by Gasteiger charge is 2.30. The second kappa shape index (κ2) is 3.46. The Balaban J connectivity index is 2.38. The third-order valence-electron chi connectivity index (χ3n) is 2.26. The first kappa shape index (κ1) is 8.69. The molecule has 1 unspecified atom stereocenters. The molecule has 0 aliphatic carbocycles. The van der Waals surface area contributed by atoms with Crippen LogP contribution in [0.15, 0.2) is 24.3 Å². The van der Waals surface area contributed by atoms with E-state index in [1.807, 2.05) is 24.3 Å². The number of benzene rings is 1. The maximum absolute atomic E-state index is 9.05. The highest BCUT2D eigenvalue weighted by Crippen LogP contribution is 2.38. The van der Waals surface area contributed by atoms with Crippen molar-refractivity contribution < 1.29 is 14.6 Å². The van der Waals surface area contributed by atoms with Gasteiger partial charge in [-0.3, -0.25) is 0 Å². The van der Waals surface area contributed by atoms with Crippen molar-refractivity contribution in [3.05, 3.63) is 35.4 Å². The quantitative estimate of drug-likeness (QED) is 0.747. The second-order valence-corrected chi connectivity index (χ2v) is 3.00. The van der Waals surface area contributed by atoms with Crippen molar-refractivity contribution in [1.29, 1.82) is 0 Å². The Morgan fingerprint density at radius 1 is 1.38 bits per heavy atom. The zero-order valence-electron chi connectivity index (χ0n) is 7.43. The summed E-state index contributed by atoms with van der Waals surface area (Å²) >= 11 is 0. The molecule has 1 aromatic carbocycles. The van der Waals surface area contributed by atoms with Crippen molar-refractivity contribution >= 4 is 0 Å². The number of aliphatic hydroxyl groups is 1. The van der Waals surface area contributed by atoms with Crippen LogP contribution in [0, 0.1) is 0 Å². The lowest BCUT2D eigenvalue weighted by molar-refractivity contribution is -0.151. The SMILES string of the molecule is COC1O[C@H](CO)c2ccccc21. The first-order valence-electron chi connectivity index (χ1n) is 4.24. The summed E-state index contributed by atoms with van der Waals surface area (Å²) in [6.07, 6.45) is -0.561. The molecule has 2 atom stereocenters. The van der Waals surface area contributed by atoms with Gasteiger partial charge in [0.05, 0.1) is 6.61 Å². The molecule has 0 amide bonds. The number of rotatable bonds is 2. The van der Waals surface area contributed by atoms with Crippen molar-refractivity contribution in [2.24, 2.45) is 0 Å². The van der Waals surface area contributed by atoms with E-state index in [-0.39, 0.29) is 19.0 Å². The van der Waals surface area contributed by atoms with E-state index >= 15 is 0 Å². The maximum Gasteiger partial charge on any atom is 0.184 e. The zero-order valence-corrected chi connectivity index (χ0v) is 7.43. The Hall–Kier alpha value is -0.900. The first-order chi connectivity index (χ1) is 6.36. The fourth-order valence-corrected chi connectivity index (χ4v) is 1.64. The van der Waals surface area contributed by atoms with Crippen LogP contribution in [-0.2, 0) is 9.47 Å². The van der Waals surface area contributed by atoms with Crippen LogP contribution >= 0.6 is 0 Å². The average Bonchev–Trinajstić information content (AvgIpc) is 2.56. The molecule has 1 heterocycles. The first-order valence-corrected chi connectivity index (χ1v) is 4.24. The van der Waals surface area contributed by atoms with Gasteiger partial charge in [0, 0.05) is 12.7 Å². The Morgan fingerprint density at radius 3 is 2.69 bits per heavy atom. The molecule has 0 saturated carbocycles. The van der Waals surface area contributed by atoms with Gasteiger partial charge < -0.3 is 14.6 Å². The van der Waals surface area contributed by atoms with Gasteiger partial charge in [0.1, 0.15) is 6.10 Å². The van der Waals surface area contributed by atoms with Crippen molar-refractivity contribution in [2.45, 2.75) is 12.4 Å². The summed E-state index contributed by atoms with van der Waals surface area (Å²) in [6.45, 7) is -0.00310. The molecule has 0 radical (unpaired) electrons. The third kappa shape index (κ3) is 1.35. The zero-order chi connectivity index (χ0) is 9.26. The molecule has 13 heavy (non-hydrogen) atoms. The molecule has 0 saturated heterocycles. The summed E-state index contributed by atoms with van der Waals surface area (Å²) < 4.78 is 10.6. The standard InChI is InChI=1S/C10H12O3/c1-12-10-8-5-3-2-4-7(8)9(6-11)13-10/h2-5,9-11H,6H2,1H3/t9-,10?/m1/s1. The summed E-state index contributed by atoms with van der Waals surface area (Å²) in [6, 6.07) is 7.78. The minimum atomic E-state index is -0.326. The van der Waals surface area contributed by atoms with Crippen LogP contribution in [0.1, 0.15) is 23.5 Å². The lowest BCUT2D eigenvalue weighted by Gasteiger charge is -2.09. The van der Waals surface area contributed by atoms with E-state index in [9.17, 15) is 0 Å². The van der Waals surface area contributed by atoms with Crippen molar-refractivity contribution in [3.63, 3.8) is 0 Å². The molecule has 0 fully saturated rings. The molecule has 3 nitrogen and oxygen atoms in total. The minimum Gasteiger partial charge on any atom is -0.393 e. The maximum atomic E-state index is 9.05.